The predicted molar refractivity (Wildman–Crippen MR) is 135 cm³/mol. The van der Waals surface area contributed by atoms with E-state index in [0.717, 1.165) is 55.5 Å². The van der Waals surface area contributed by atoms with Gasteiger partial charge in [0.1, 0.15) is 12.6 Å². The molecule has 8 nitrogen and oxygen atoms in total. The van der Waals surface area contributed by atoms with Gasteiger partial charge < -0.3 is 10.2 Å². The third-order valence-electron chi connectivity index (χ3n) is 7.22. The second-order valence-electron chi connectivity index (χ2n) is 9.65. The summed E-state index contributed by atoms with van der Waals surface area (Å²) >= 11 is 0. The maximum absolute atomic E-state index is 13.5. The molecule has 35 heavy (non-hydrogen) atoms. The van der Waals surface area contributed by atoms with Crippen molar-refractivity contribution in [2.45, 2.75) is 56.5 Å². The number of piperidine rings is 1. The van der Waals surface area contributed by atoms with Crippen LogP contribution in [-0.2, 0) is 26.2 Å². The highest BCUT2D eigenvalue weighted by atomic mass is 32.2. The highest BCUT2D eigenvalue weighted by Crippen LogP contribution is 2.41. The van der Waals surface area contributed by atoms with Gasteiger partial charge in [-0.1, -0.05) is 29.8 Å². The van der Waals surface area contributed by atoms with Crippen molar-refractivity contribution in [3.8, 4) is 0 Å². The van der Waals surface area contributed by atoms with Crippen LogP contribution in [0.5, 0.6) is 0 Å². The second kappa shape index (κ2) is 9.62. The first-order chi connectivity index (χ1) is 16.8. The largest absolute Gasteiger partial charge is 0.358 e. The fourth-order valence-electron chi connectivity index (χ4n) is 5.24. The van der Waals surface area contributed by atoms with Crippen molar-refractivity contribution in [1.29, 1.82) is 0 Å². The average Bonchev–Trinajstić information content (AvgIpc) is 3.42. The van der Waals surface area contributed by atoms with E-state index in [1.165, 1.54) is 9.21 Å². The predicted octanol–water partition coefficient (Wildman–Crippen LogP) is 2.80. The third-order valence-corrected chi connectivity index (χ3v) is 9.11. The molecule has 3 aliphatic rings. The van der Waals surface area contributed by atoms with Gasteiger partial charge in [-0.3, -0.25) is 14.5 Å². The summed E-state index contributed by atoms with van der Waals surface area (Å²) < 4.78 is 28.0. The molecule has 0 bridgehead atoms. The van der Waals surface area contributed by atoms with Crippen LogP contribution in [0, 0.1) is 6.92 Å². The fourth-order valence-corrected chi connectivity index (χ4v) is 6.78. The van der Waals surface area contributed by atoms with Crippen LogP contribution in [0.2, 0.25) is 0 Å². The Balaban J connectivity index is 1.43. The molecular formula is C26H32N4O4S. The van der Waals surface area contributed by atoms with Crippen molar-refractivity contribution in [2.24, 2.45) is 0 Å². The molecule has 2 aromatic rings. The minimum absolute atomic E-state index is 0.140. The normalized spacial score (nSPS) is 20.5. The van der Waals surface area contributed by atoms with E-state index in [2.05, 4.69) is 10.2 Å². The zero-order valence-electron chi connectivity index (χ0n) is 20.1. The topological polar surface area (TPSA) is 90.0 Å². The Morgan fingerprint density at radius 2 is 1.69 bits per heavy atom. The van der Waals surface area contributed by atoms with E-state index < -0.39 is 10.0 Å². The van der Waals surface area contributed by atoms with Gasteiger partial charge in [-0.15, -0.1) is 0 Å². The molecular weight excluding hydrogens is 464 g/mol. The molecule has 1 atom stereocenters. The van der Waals surface area contributed by atoms with Crippen LogP contribution in [0.1, 0.15) is 43.2 Å². The summed E-state index contributed by atoms with van der Waals surface area (Å²) in [5.41, 5.74) is 3.44. The number of hydrogen-bond donors (Lipinski definition) is 1. The lowest BCUT2D eigenvalue weighted by molar-refractivity contribution is -0.125. The molecule has 2 aromatic carbocycles. The SMILES string of the molecule is Cc1ccc(CNC(=O)CN2C(=O)[C@@H]3CCCCN3c3ccc(S(=O)(=O)N4CCCC4)cc32)cc1. The van der Waals surface area contributed by atoms with Gasteiger partial charge in [-0.25, -0.2) is 8.42 Å². The Morgan fingerprint density at radius 1 is 0.971 bits per heavy atom. The number of carbonyl (C=O) groups excluding carboxylic acids is 2. The van der Waals surface area contributed by atoms with Gasteiger partial charge >= 0.3 is 0 Å². The van der Waals surface area contributed by atoms with E-state index in [9.17, 15) is 18.0 Å². The van der Waals surface area contributed by atoms with Crippen molar-refractivity contribution in [2.75, 3.05) is 36.0 Å². The Labute approximate surface area is 206 Å². The van der Waals surface area contributed by atoms with Crippen LogP contribution in [-0.4, -0.2) is 56.8 Å². The molecule has 0 saturated carbocycles. The van der Waals surface area contributed by atoms with Gasteiger partial charge in [-0.05, 0) is 62.8 Å². The van der Waals surface area contributed by atoms with Crippen molar-refractivity contribution < 1.29 is 18.0 Å². The summed E-state index contributed by atoms with van der Waals surface area (Å²) in [6.07, 6.45) is 4.37. The third kappa shape index (κ3) is 4.67. The maximum atomic E-state index is 13.5. The number of aryl methyl sites for hydroxylation is 1. The zero-order chi connectivity index (χ0) is 24.6. The first-order valence-electron chi connectivity index (χ1n) is 12.4. The number of benzene rings is 2. The highest BCUT2D eigenvalue weighted by molar-refractivity contribution is 7.89. The second-order valence-corrected chi connectivity index (χ2v) is 11.6. The molecule has 5 rings (SSSR count). The van der Waals surface area contributed by atoms with E-state index in [4.69, 9.17) is 0 Å². The monoisotopic (exact) mass is 496 g/mol. The molecule has 2 fully saturated rings. The maximum Gasteiger partial charge on any atom is 0.250 e. The number of fused-ring (bicyclic) bond motifs is 3. The molecule has 0 unspecified atom stereocenters. The summed E-state index contributed by atoms with van der Waals surface area (Å²) in [7, 11) is -3.64. The number of anilines is 2. The molecule has 0 spiro atoms. The summed E-state index contributed by atoms with van der Waals surface area (Å²) in [5.74, 6) is -0.416. The fraction of sp³-hybridized carbons (Fsp3) is 0.462. The average molecular weight is 497 g/mol. The minimum Gasteiger partial charge on any atom is -0.358 e. The van der Waals surface area contributed by atoms with Crippen molar-refractivity contribution in [3.05, 3.63) is 53.6 Å². The quantitative estimate of drug-likeness (QED) is 0.664. The van der Waals surface area contributed by atoms with E-state index >= 15 is 0 Å². The number of amides is 2. The lowest BCUT2D eigenvalue weighted by Gasteiger charge is -2.45. The van der Waals surface area contributed by atoms with Crippen LogP contribution in [0.25, 0.3) is 0 Å². The zero-order valence-corrected chi connectivity index (χ0v) is 20.9. The molecule has 3 heterocycles. The lowest BCUT2D eigenvalue weighted by Crippen LogP contribution is -2.57. The first-order valence-corrected chi connectivity index (χ1v) is 13.8. The lowest BCUT2D eigenvalue weighted by atomic mass is 9.96. The van der Waals surface area contributed by atoms with Gasteiger partial charge in [0.05, 0.1) is 16.3 Å². The van der Waals surface area contributed by atoms with Gasteiger partial charge in [-0.2, -0.15) is 4.31 Å². The van der Waals surface area contributed by atoms with Crippen molar-refractivity contribution in [1.82, 2.24) is 9.62 Å². The van der Waals surface area contributed by atoms with Gasteiger partial charge in [0.25, 0.3) is 0 Å². The number of carbonyl (C=O) groups is 2. The standard InChI is InChI=1S/C26H32N4O4S/c1-19-7-9-20(10-8-19)17-27-25(31)18-30-24-16-21(35(33,34)28-13-4-5-14-28)11-12-22(24)29-15-3-2-6-23(29)26(30)32/h7-12,16,23H,2-6,13-15,17-18H2,1H3,(H,27,31)/t23-/m0/s1. The molecule has 3 aliphatic heterocycles. The summed E-state index contributed by atoms with van der Waals surface area (Å²) in [5, 5.41) is 2.91. The van der Waals surface area contributed by atoms with E-state index in [1.807, 2.05) is 31.2 Å². The van der Waals surface area contributed by atoms with Crippen LogP contribution in [0.4, 0.5) is 11.4 Å². The minimum atomic E-state index is -3.64. The Bertz CT molecular complexity index is 1220. The van der Waals surface area contributed by atoms with E-state index in [-0.39, 0.29) is 29.3 Å². The van der Waals surface area contributed by atoms with Crippen LogP contribution in [0.3, 0.4) is 0 Å². The van der Waals surface area contributed by atoms with Gasteiger partial charge in [0.2, 0.25) is 21.8 Å². The number of nitrogens with one attached hydrogen (secondary N) is 1. The van der Waals surface area contributed by atoms with Crippen LogP contribution < -0.4 is 15.1 Å². The summed E-state index contributed by atoms with van der Waals surface area (Å²) in [6, 6.07) is 12.6. The number of sulfonamides is 1. The van der Waals surface area contributed by atoms with Gasteiger partial charge in [0.15, 0.2) is 0 Å². The molecule has 1 N–H and O–H groups in total. The van der Waals surface area contributed by atoms with Crippen molar-refractivity contribution in [3.63, 3.8) is 0 Å². The van der Waals surface area contributed by atoms with Gasteiger partial charge in [0, 0.05) is 26.2 Å². The molecule has 186 valence electrons. The van der Waals surface area contributed by atoms with E-state index in [0.29, 0.717) is 25.3 Å². The number of rotatable bonds is 6. The smallest absolute Gasteiger partial charge is 0.250 e. The molecule has 0 radical (unpaired) electrons. The molecule has 2 saturated heterocycles. The molecule has 0 aliphatic carbocycles. The Hall–Kier alpha value is -2.91. The van der Waals surface area contributed by atoms with Crippen LogP contribution >= 0.6 is 0 Å². The number of nitrogens with zero attached hydrogens (tertiary/aromatic N) is 3. The van der Waals surface area contributed by atoms with E-state index in [1.54, 1.807) is 18.2 Å². The highest BCUT2D eigenvalue weighted by Gasteiger charge is 2.41. The Morgan fingerprint density at radius 3 is 2.43 bits per heavy atom. The molecule has 9 heteroatoms. The number of hydrogen-bond acceptors (Lipinski definition) is 5. The summed E-state index contributed by atoms with van der Waals surface area (Å²) in [6.45, 7) is 4.00. The molecule has 2 amide bonds. The van der Waals surface area contributed by atoms with Crippen molar-refractivity contribution >= 4 is 33.2 Å². The Kier molecular flexibility index (Phi) is 6.55. The van der Waals surface area contributed by atoms with Crippen LogP contribution in [0.15, 0.2) is 47.4 Å². The first kappa shape index (κ1) is 23.8. The summed E-state index contributed by atoms with van der Waals surface area (Å²) in [4.78, 5) is 30.2. The molecule has 0 aromatic heterocycles.